The molecule has 3 rings (SSSR count). The molecule has 5 nitrogen and oxygen atoms in total. The van der Waals surface area contributed by atoms with E-state index in [1.165, 1.54) is 6.21 Å². The second kappa shape index (κ2) is 5.46. The van der Waals surface area contributed by atoms with Gasteiger partial charge in [0.05, 0.1) is 6.21 Å². The van der Waals surface area contributed by atoms with Crippen molar-refractivity contribution < 1.29 is 4.79 Å². The molecule has 0 bridgehead atoms. The average Bonchev–Trinajstić information content (AvgIpc) is 3.03. The van der Waals surface area contributed by atoms with E-state index in [1.54, 1.807) is 6.07 Å². The molecule has 6 heteroatoms. The van der Waals surface area contributed by atoms with Crippen LogP contribution < -0.4 is 5.43 Å². The van der Waals surface area contributed by atoms with Gasteiger partial charge in [0, 0.05) is 21.8 Å². The van der Waals surface area contributed by atoms with Gasteiger partial charge in [-0.2, -0.15) is 10.2 Å². The summed E-state index contributed by atoms with van der Waals surface area (Å²) in [7, 11) is 0. The molecule has 0 saturated carbocycles. The van der Waals surface area contributed by atoms with Crippen LogP contribution in [0.15, 0.2) is 29.4 Å². The van der Waals surface area contributed by atoms with E-state index < -0.39 is 0 Å². The molecule has 1 aromatic heterocycles. The molecule has 1 heterocycles. The number of halogens is 1. The molecular weight excluding hydrogens is 276 g/mol. The topological polar surface area (TPSA) is 70.1 Å². The summed E-state index contributed by atoms with van der Waals surface area (Å²) in [6.45, 7) is 0. The highest BCUT2D eigenvalue weighted by Gasteiger charge is 2.22. The first-order valence-electron chi connectivity index (χ1n) is 6.40. The van der Waals surface area contributed by atoms with Crippen LogP contribution >= 0.6 is 11.6 Å². The van der Waals surface area contributed by atoms with Gasteiger partial charge in [0.15, 0.2) is 5.69 Å². The highest BCUT2D eigenvalue weighted by Crippen LogP contribution is 2.22. The van der Waals surface area contributed by atoms with Gasteiger partial charge in [0.25, 0.3) is 5.91 Å². The summed E-state index contributed by atoms with van der Waals surface area (Å²) in [5.74, 6) is -0.298. The number of amides is 1. The van der Waals surface area contributed by atoms with Crippen molar-refractivity contribution in [3.8, 4) is 0 Å². The van der Waals surface area contributed by atoms with Gasteiger partial charge in [-0.25, -0.2) is 5.43 Å². The number of nitrogens with zero attached hydrogens (tertiary/aromatic N) is 2. The van der Waals surface area contributed by atoms with E-state index in [0.717, 1.165) is 36.1 Å². The number of hydrogen-bond donors (Lipinski definition) is 2. The summed E-state index contributed by atoms with van der Waals surface area (Å²) in [4.78, 5) is 12.0. The number of hydrazone groups is 1. The number of aromatic amines is 1. The minimum atomic E-state index is -0.298. The highest BCUT2D eigenvalue weighted by molar-refractivity contribution is 6.33. The largest absolute Gasteiger partial charge is 0.292 e. The molecule has 1 amide bonds. The monoisotopic (exact) mass is 288 g/mol. The Labute approximate surface area is 121 Å². The van der Waals surface area contributed by atoms with E-state index in [4.69, 9.17) is 11.6 Å². The SMILES string of the molecule is O=C(N/N=C\c1ccccc1Cl)c1n[nH]c2c1CCC2. The lowest BCUT2D eigenvalue weighted by Gasteiger charge is -1.99. The van der Waals surface area contributed by atoms with Crippen LogP contribution in [0.3, 0.4) is 0 Å². The zero-order chi connectivity index (χ0) is 13.9. The second-order valence-electron chi connectivity index (χ2n) is 4.60. The van der Waals surface area contributed by atoms with Gasteiger partial charge >= 0.3 is 0 Å². The molecule has 0 fully saturated rings. The number of fused-ring (bicyclic) bond motifs is 1. The fourth-order valence-corrected chi connectivity index (χ4v) is 2.48. The summed E-state index contributed by atoms with van der Waals surface area (Å²) in [6.07, 6.45) is 4.43. The molecule has 1 aliphatic carbocycles. The van der Waals surface area contributed by atoms with Crippen LogP contribution in [0, 0.1) is 0 Å². The van der Waals surface area contributed by atoms with Crippen molar-refractivity contribution in [3.05, 3.63) is 51.8 Å². The maximum absolute atomic E-state index is 12.0. The third-order valence-electron chi connectivity index (χ3n) is 3.30. The predicted octanol–water partition coefficient (Wildman–Crippen LogP) is 2.32. The highest BCUT2D eigenvalue weighted by atomic mass is 35.5. The van der Waals surface area contributed by atoms with Gasteiger partial charge in [0.2, 0.25) is 0 Å². The zero-order valence-corrected chi connectivity index (χ0v) is 11.4. The molecule has 2 N–H and O–H groups in total. The quantitative estimate of drug-likeness (QED) is 0.672. The Morgan fingerprint density at radius 3 is 3.10 bits per heavy atom. The number of carbonyl (C=O) groups is 1. The molecule has 0 saturated heterocycles. The number of rotatable bonds is 3. The maximum Gasteiger partial charge on any atom is 0.292 e. The van der Waals surface area contributed by atoms with Crippen molar-refractivity contribution in [1.82, 2.24) is 15.6 Å². The molecule has 1 aliphatic rings. The lowest BCUT2D eigenvalue weighted by atomic mass is 10.2. The Morgan fingerprint density at radius 1 is 1.40 bits per heavy atom. The van der Waals surface area contributed by atoms with Crippen LogP contribution in [0.2, 0.25) is 5.02 Å². The van der Waals surface area contributed by atoms with Crippen LogP contribution in [-0.2, 0) is 12.8 Å². The summed E-state index contributed by atoms with van der Waals surface area (Å²) in [5, 5.41) is 11.5. The Morgan fingerprint density at radius 2 is 2.25 bits per heavy atom. The first kappa shape index (κ1) is 12.9. The minimum absolute atomic E-state index is 0.298. The number of H-pyrrole nitrogens is 1. The zero-order valence-electron chi connectivity index (χ0n) is 10.7. The Kier molecular flexibility index (Phi) is 3.52. The smallest absolute Gasteiger partial charge is 0.281 e. The number of carbonyl (C=O) groups excluding carboxylic acids is 1. The summed E-state index contributed by atoms with van der Waals surface area (Å²) in [6, 6.07) is 7.29. The van der Waals surface area contributed by atoms with Crippen molar-refractivity contribution in [2.45, 2.75) is 19.3 Å². The Balaban J connectivity index is 1.69. The van der Waals surface area contributed by atoms with Gasteiger partial charge in [-0.15, -0.1) is 0 Å². The molecule has 0 radical (unpaired) electrons. The van der Waals surface area contributed by atoms with E-state index in [9.17, 15) is 4.79 Å². The first-order valence-corrected chi connectivity index (χ1v) is 6.77. The Bertz CT molecular complexity index is 678. The van der Waals surface area contributed by atoms with Crippen molar-refractivity contribution in [3.63, 3.8) is 0 Å². The van der Waals surface area contributed by atoms with Crippen molar-refractivity contribution in [2.75, 3.05) is 0 Å². The summed E-state index contributed by atoms with van der Waals surface area (Å²) < 4.78 is 0. The number of benzene rings is 1. The van der Waals surface area contributed by atoms with Gasteiger partial charge in [0.1, 0.15) is 0 Å². The summed E-state index contributed by atoms with van der Waals surface area (Å²) >= 11 is 5.99. The minimum Gasteiger partial charge on any atom is -0.281 e. The molecule has 0 aliphatic heterocycles. The van der Waals surface area contributed by atoms with Crippen LogP contribution in [0.5, 0.6) is 0 Å². The third kappa shape index (κ3) is 2.44. The number of aryl methyl sites for hydroxylation is 1. The van der Waals surface area contributed by atoms with Gasteiger partial charge < -0.3 is 0 Å². The van der Waals surface area contributed by atoms with E-state index in [-0.39, 0.29) is 5.91 Å². The van der Waals surface area contributed by atoms with Crippen molar-refractivity contribution in [1.29, 1.82) is 0 Å². The van der Waals surface area contributed by atoms with E-state index in [2.05, 4.69) is 20.7 Å². The second-order valence-corrected chi connectivity index (χ2v) is 5.01. The number of hydrogen-bond acceptors (Lipinski definition) is 3. The van der Waals surface area contributed by atoms with Crippen LogP contribution in [0.25, 0.3) is 0 Å². The summed E-state index contributed by atoms with van der Waals surface area (Å²) in [5.41, 5.74) is 5.74. The molecule has 1 aromatic carbocycles. The number of aromatic nitrogens is 2. The maximum atomic E-state index is 12.0. The van der Waals surface area contributed by atoms with Crippen molar-refractivity contribution in [2.24, 2.45) is 5.10 Å². The van der Waals surface area contributed by atoms with E-state index >= 15 is 0 Å². The average molecular weight is 289 g/mol. The third-order valence-corrected chi connectivity index (χ3v) is 3.64. The molecular formula is C14H13ClN4O. The fourth-order valence-electron chi connectivity index (χ4n) is 2.30. The molecule has 0 atom stereocenters. The fraction of sp³-hybridized carbons (Fsp3) is 0.214. The van der Waals surface area contributed by atoms with E-state index in [0.29, 0.717) is 10.7 Å². The Hall–Kier alpha value is -2.14. The van der Waals surface area contributed by atoms with E-state index in [1.807, 2.05) is 18.2 Å². The standard InChI is InChI=1S/C14H13ClN4O/c15-11-6-2-1-4-9(11)8-16-19-14(20)13-10-5-3-7-12(10)17-18-13/h1-2,4,6,8H,3,5,7H2,(H,17,18)(H,19,20)/b16-8-. The molecule has 2 aromatic rings. The normalized spacial score (nSPS) is 13.7. The lowest BCUT2D eigenvalue weighted by molar-refractivity contribution is 0.0949. The van der Waals surface area contributed by atoms with Gasteiger partial charge in [-0.05, 0) is 25.3 Å². The van der Waals surface area contributed by atoms with Crippen LogP contribution in [0.1, 0.15) is 33.7 Å². The first-order chi connectivity index (χ1) is 9.75. The molecule has 102 valence electrons. The number of nitrogens with one attached hydrogen (secondary N) is 2. The van der Waals surface area contributed by atoms with Crippen LogP contribution in [-0.4, -0.2) is 22.3 Å². The van der Waals surface area contributed by atoms with Gasteiger partial charge in [-0.1, -0.05) is 29.8 Å². The van der Waals surface area contributed by atoms with Gasteiger partial charge in [-0.3, -0.25) is 9.89 Å². The van der Waals surface area contributed by atoms with Crippen LogP contribution in [0.4, 0.5) is 0 Å². The molecule has 0 spiro atoms. The predicted molar refractivity (Wildman–Crippen MR) is 77.1 cm³/mol. The van der Waals surface area contributed by atoms with Crippen molar-refractivity contribution >= 4 is 23.7 Å². The molecule has 0 unspecified atom stereocenters. The molecule has 20 heavy (non-hydrogen) atoms. The lowest BCUT2D eigenvalue weighted by Crippen LogP contribution is -2.19.